The third-order valence-electron chi connectivity index (χ3n) is 2.11. The van der Waals surface area contributed by atoms with Crippen LogP contribution in [-0.4, -0.2) is 21.8 Å². The molecule has 0 amide bonds. The standard InChI is InChI=1S/C10H9ClFNO4S/c1-5(10(14)15)4-18-9-2-6(11)7(12)3-8(9)13(16)17/h2-3,5H,4H2,1H3,(H,14,15). The molecule has 0 aliphatic carbocycles. The van der Waals surface area contributed by atoms with Crippen molar-refractivity contribution in [2.24, 2.45) is 5.92 Å². The maximum Gasteiger partial charge on any atom is 0.307 e. The van der Waals surface area contributed by atoms with E-state index >= 15 is 0 Å². The van der Waals surface area contributed by atoms with E-state index in [-0.39, 0.29) is 15.7 Å². The van der Waals surface area contributed by atoms with Gasteiger partial charge in [0.05, 0.1) is 26.8 Å². The van der Waals surface area contributed by atoms with Gasteiger partial charge >= 0.3 is 5.97 Å². The summed E-state index contributed by atoms with van der Waals surface area (Å²) in [5, 5.41) is 19.2. The Bertz CT molecular complexity index is 497. The van der Waals surface area contributed by atoms with E-state index in [4.69, 9.17) is 16.7 Å². The van der Waals surface area contributed by atoms with Gasteiger partial charge in [-0.05, 0) is 6.07 Å². The third kappa shape index (κ3) is 3.58. The van der Waals surface area contributed by atoms with Gasteiger partial charge in [-0.3, -0.25) is 14.9 Å². The zero-order chi connectivity index (χ0) is 13.9. The number of halogens is 2. The van der Waals surface area contributed by atoms with Crippen LogP contribution in [0.3, 0.4) is 0 Å². The quantitative estimate of drug-likeness (QED) is 0.512. The van der Waals surface area contributed by atoms with Gasteiger partial charge in [0, 0.05) is 5.75 Å². The molecule has 0 heterocycles. The number of benzene rings is 1. The van der Waals surface area contributed by atoms with Crippen molar-refractivity contribution >= 4 is 35.0 Å². The predicted octanol–water partition coefficient (Wildman–Crippen LogP) is 3.20. The van der Waals surface area contributed by atoms with E-state index in [1.807, 2.05) is 0 Å². The summed E-state index contributed by atoms with van der Waals surface area (Å²) in [6, 6.07) is 1.87. The molecule has 1 atom stereocenters. The molecule has 0 bridgehead atoms. The van der Waals surface area contributed by atoms with Crippen LogP contribution in [-0.2, 0) is 4.79 Å². The number of carboxylic acids is 1. The van der Waals surface area contributed by atoms with E-state index < -0.39 is 28.3 Å². The minimum absolute atomic E-state index is 0.137. The van der Waals surface area contributed by atoms with Crippen molar-refractivity contribution < 1.29 is 19.2 Å². The molecule has 1 rings (SSSR count). The Morgan fingerprint density at radius 3 is 2.78 bits per heavy atom. The van der Waals surface area contributed by atoms with Gasteiger partial charge in [0.25, 0.3) is 5.69 Å². The second kappa shape index (κ2) is 6.01. The third-order valence-corrected chi connectivity index (χ3v) is 3.70. The second-order valence-electron chi connectivity index (χ2n) is 3.54. The number of aliphatic carboxylic acids is 1. The highest BCUT2D eigenvalue weighted by Crippen LogP contribution is 2.34. The van der Waals surface area contributed by atoms with E-state index in [0.717, 1.165) is 23.9 Å². The Hall–Kier alpha value is -1.34. The van der Waals surface area contributed by atoms with Crippen LogP contribution in [0.1, 0.15) is 6.92 Å². The van der Waals surface area contributed by atoms with E-state index in [1.54, 1.807) is 0 Å². The van der Waals surface area contributed by atoms with E-state index in [0.29, 0.717) is 0 Å². The highest BCUT2D eigenvalue weighted by atomic mass is 35.5. The summed E-state index contributed by atoms with van der Waals surface area (Å²) >= 11 is 6.50. The normalized spacial score (nSPS) is 12.2. The molecule has 0 aliphatic rings. The molecule has 8 heteroatoms. The van der Waals surface area contributed by atoms with Crippen LogP contribution in [0.15, 0.2) is 17.0 Å². The lowest BCUT2D eigenvalue weighted by Gasteiger charge is -2.07. The molecule has 1 unspecified atom stereocenters. The first-order chi connectivity index (χ1) is 8.32. The van der Waals surface area contributed by atoms with Crippen molar-refractivity contribution in [2.45, 2.75) is 11.8 Å². The molecule has 5 nitrogen and oxygen atoms in total. The van der Waals surface area contributed by atoms with Crippen molar-refractivity contribution in [3.8, 4) is 0 Å². The Labute approximate surface area is 111 Å². The minimum Gasteiger partial charge on any atom is -0.481 e. The smallest absolute Gasteiger partial charge is 0.307 e. The van der Waals surface area contributed by atoms with Crippen LogP contribution in [0.2, 0.25) is 5.02 Å². The number of nitro benzene ring substituents is 1. The summed E-state index contributed by atoms with van der Waals surface area (Å²) in [6.45, 7) is 1.48. The summed E-state index contributed by atoms with van der Waals surface area (Å²) in [6.07, 6.45) is 0. The molecule has 98 valence electrons. The van der Waals surface area contributed by atoms with Crippen LogP contribution >= 0.6 is 23.4 Å². The van der Waals surface area contributed by atoms with Crippen LogP contribution in [0.5, 0.6) is 0 Å². The van der Waals surface area contributed by atoms with Gasteiger partial charge in [-0.25, -0.2) is 4.39 Å². The number of carbonyl (C=O) groups is 1. The van der Waals surface area contributed by atoms with Crippen molar-refractivity contribution in [3.05, 3.63) is 33.1 Å². The fourth-order valence-corrected chi connectivity index (χ4v) is 2.35. The van der Waals surface area contributed by atoms with Gasteiger partial charge in [-0.15, -0.1) is 11.8 Å². The van der Waals surface area contributed by atoms with Gasteiger partial charge in [-0.1, -0.05) is 18.5 Å². The van der Waals surface area contributed by atoms with Crippen molar-refractivity contribution in [2.75, 3.05) is 5.75 Å². The van der Waals surface area contributed by atoms with Crippen LogP contribution in [0.25, 0.3) is 0 Å². The van der Waals surface area contributed by atoms with Crippen molar-refractivity contribution in [1.82, 2.24) is 0 Å². The number of thioether (sulfide) groups is 1. The molecular weight excluding hydrogens is 285 g/mol. The maximum absolute atomic E-state index is 13.1. The average Bonchev–Trinajstić information content (AvgIpc) is 2.29. The number of carboxylic acid groups (broad SMARTS) is 1. The van der Waals surface area contributed by atoms with Gasteiger partial charge in [0.2, 0.25) is 0 Å². The summed E-state index contributed by atoms with van der Waals surface area (Å²) < 4.78 is 13.1. The first-order valence-corrected chi connectivity index (χ1v) is 6.18. The number of nitro groups is 1. The largest absolute Gasteiger partial charge is 0.481 e. The topological polar surface area (TPSA) is 80.4 Å². The number of hydrogen-bond acceptors (Lipinski definition) is 4. The Balaban J connectivity index is 2.97. The monoisotopic (exact) mass is 293 g/mol. The van der Waals surface area contributed by atoms with E-state index in [9.17, 15) is 19.3 Å². The van der Waals surface area contributed by atoms with Gasteiger partial charge in [-0.2, -0.15) is 0 Å². The zero-order valence-corrected chi connectivity index (χ0v) is 10.8. The molecule has 1 N–H and O–H groups in total. The Morgan fingerprint density at radius 1 is 1.67 bits per heavy atom. The molecule has 1 aromatic carbocycles. The fourth-order valence-electron chi connectivity index (χ4n) is 1.06. The lowest BCUT2D eigenvalue weighted by molar-refractivity contribution is -0.387. The zero-order valence-electron chi connectivity index (χ0n) is 9.22. The highest BCUT2D eigenvalue weighted by Gasteiger charge is 2.20. The second-order valence-corrected chi connectivity index (χ2v) is 5.01. The fraction of sp³-hybridized carbons (Fsp3) is 0.300. The molecule has 0 saturated heterocycles. The summed E-state index contributed by atoms with van der Waals surface area (Å²) in [5.41, 5.74) is -0.417. The Morgan fingerprint density at radius 2 is 2.28 bits per heavy atom. The number of nitrogens with zero attached hydrogens (tertiary/aromatic N) is 1. The first kappa shape index (κ1) is 14.7. The summed E-state index contributed by atoms with van der Waals surface area (Å²) in [7, 11) is 0. The van der Waals surface area contributed by atoms with Crippen molar-refractivity contribution in [1.29, 1.82) is 0 Å². The van der Waals surface area contributed by atoms with E-state index in [1.165, 1.54) is 6.92 Å². The molecule has 0 aromatic heterocycles. The molecule has 0 radical (unpaired) electrons. The van der Waals surface area contributed by atoms with Crippen LogP contribution < -0.4 is 0 Å². The minimum atomic E-state index is -1.00. The van der Waals surface area contributed by atoms with Crippen LogP contribution in [0, 0.1) is 21.8 Å². The first-order valence-electron chi connectivity index (χ1n) is 4.82. The highest BCUT2D eigenvalue weighted by molar-refractivity contribution is 7.99. The predicted molar refractivity (Wildman–Crippen MR) is 65.6 cm³/mol. The number of rotatable bonds is 5. The Kier molecular flexibility index (Phi) is 4.92. The van der Waals surface area contributed by atoms with Gasteiger partial charge in [0.1, 0.15) is 5.82 Å². The molecular formula is C10H9ClFNO4S. The molecule has 0 spiro atoms. The van der Waals surface area contributed by atoms with Crippen molar-refractivity contribution in [3.63, 3.8) is 0 Å². The lowest BCUT2D eigenvalue weighted by atomic mass is 10.2. The summed E-state index contributed by atoms with van der Waals surface area (Å²) in [4.78, 5) is 20.8. The molecule has 0 aliphatic heterocycles. The van der Waals surface area contributed by atoms with E-state index in [2.05, 4.69) is 0 Å². The molecule has 1 aromatic rings. The lowest BCUT2D eigenvalue weighted by Crippen LogP contribution is -2.11. The molecule has 0 saturated carbocycles. The molecule has 0 fully saturated rings. The SMILES string of the molecule is CC(CSc1cc(Cl)c(F)cc1[N+](=O)[O-])C(=O)O. The average molecular weight is 294 g/mol. The van der Waals surface area contributed by atoms with Gasteiger partial charge < -0.3 is 5.11 Å². The molecule has 18 heavy (non-hydrogen) atoms. The number of hydrogen-bond donors (Lipinski definition) is 1. The maximum atomic E-state index is 13.1. The summed E-state index contributed by atoms with van der Waals surface area (Å²) in [5.74, 6) is -2.41. The van der Waals surface area contributed by atoms with Crippen LogP contribution in [0.4, 0.5) is 10.1 Å². The van der Waals surface area contributed by atoms with Gasteiger partial charge in [0.15, 0.2) is 0 Å².